The van der Waals surface area contributed by atoms with E-state index in [1.165, 1.54) is 12.1 Å². The normalized spacial score (nSPS) is 18.0. The van der Waals surface area contributed by atoms with Gasteiger partial charge in [-0.1, -0.05) is 0 Å². The Hall–Kier alpha value is -1.88. The van der Waals surface area contributed by atoms with Crippen LogP contribution < -0.4 is 4.74 Å². The van der Waals surface area contributed by atoms with Crippen molar-refractivity contribution in [1.82, 2.24) is 14.5 Å². The molecule has 1 fully saturated rings. The lowest BCUT2D eigenvalue weighted by atomic mass is 10.1. The average molecular weight is 317 g/mol. The van der Waals surface area contributed by atoms with E-state index in [1.807, 2.05) is 19.3 Å². The van der Waals surface area contributed by atoms with Gasteiger partial charge in [-0.05, 0) is 51.0 Å². The molecule has 2 heterocycles. The lowest BCUT2D eigenvalue weighted by molar-refractivity contribution is 0.0748. The average Bonchev–Trinajstić information content (AvgIpc) is 2.95. The third-order valence-corrected chi connectivity index (χ3v) is 4.60. The van der Waals surface area contributed by atoms with E-state index in [4.69, 9.17) is 4.74 Å². The SMILES string of the molecule is Cc1nccn1CC(C)N1CCC(Oc2ccc(F)cc2)CC1. The van der Waals surface area contributed by atoms with Crippen molar-refractivity contribution in [2.45, 2.75) is 45.4 Å². The Kier molecular flexibility index (Phi) is 4.96. The number of nitrogens with zero attached hydrogens (tertiary/aromatic N) is 3. The van der Waals surface area contributed by atoms with Crippen LogP contribution >= 0.6 is 0 Å². The van der Waals surface area contributed by atoms with Crippen LogP contribution in [-0.2, 0) is 6.54 Å². The second kappa shape index (κ2) is 7.13. The van der Waals surface area contributed by atoms with Crippen molar-refractivity contribution in [2.75, 3.05) is 13.1 Å². The van der Waals surface area contributed by atoms with E-state index < -0.39 is 0 Å². The molecule has 5 heteroatoms. The summed E-state index contributed by atoms with van der Waals surface area (Å²) in [5.41, 5.74) is 0. The zero-order chi connectivity index (χ0) is 16.2. The summed E-state index contributed by atoms with van der Waals surface area (Å²) in [5, 5.41) is 0. The molecule has 0 saturated carbocycles. The fourth-order valence-corrected chi connectivity index (χ4v) is 3.14. The van der Waals surface area contributed by atoms with Crippen LogP contribution in [0.15, 0.2) is 36.7 Å². The van der Waals surface area contributed by atoms with Crippen LogP contribution in [0.4, 0.5) is 4.39 Å². The van der Waals surface area contributed by atoms with Gasteiger partial charge in [0.25, 0.3) is 0 Å². The molecule has 0 amide bonds. The van der Waals surface area contributed by atoms with Gasteiger partial charge in [0, 0.05) is 38.1 Å². The summed E-state index contributed by atoms with van der Waals surface area (Å²) in [5.74, 6) is 1.59. The molecule has 3 rings (SSSR count). The van der Waals surface area contributed by atoms with Gasteiger partial charge in [-0.3, -0.25) is 4.90 Å². The van der Waals surface area contributed by atoms with Crippen LogP contribution in [0.5, 0.6) is 5.75 Å². The van der Waals surface area contributed by atoms with Crippen LogP contribution in [0.3, 0.4) is 0 Å². The van der Waals surface area contributed by atoms with Gasteiger partial charge in [0.1, 0.15) is 23.5 Å². The maximum Gasteiger partial charge on any atom is 0.123 e. The molecule has 1 unspecified atom stereocenters. The highest BCUT2D eigenvalue weighted by molar-refractivity contribution is 5.22. The molecular weight excluding hydrogens is 293 g/mol. The van der Waals surface area contributed by atoms with Crippen LogP contribution in [0.1, 0.15) is 25.6 Å². The highest BCUT2D eigenvalue weighted by Crippen LogP contribution is 2.21. The number of likely N-dealkylation sites (tertiary alicyclic amines) is 1. The first kappa shape index (κ1) is 16.0. The number of rotatable bonds is 5. The molecule has 4 nitrogen and oxygen atoms in total. The molecular formula is C18H24FN3O. The number of piperidine rings is 1. The molecule has 1 aliphatic rings. The quantitative estimate of drug-likeness (QED) is 0.848. The number of benzene rings is 1. The molecule has 0 spiro atoms. The second-order valence-corrected chi connectivity index (χ2v) is 6.28. The Bertz CT molecular complexity index is 617. The molecule has 0 bridgehead atoms. The Morgan fingerprint density at radius 2 is 1.96 bits per heavy atom. The van der Waals surface area contributed by atoms with Crippen molar-refractivity contribution in [3.05, 3.63) is 48.3 Å². The minimum atomic E-state index is -0.226. The zero-order valence-corrected chi connectivity index (χ0v) is 13.8. The molecule has 124 valence electrons. The van der Waals surface area contributed by atoms with Crippen LogP contribution in [0, 0.1) is 12.7 Å². The lowest BCUT2D eigenvalue weighted by Gasteiger charge is -2.36. The molecule has 23 heavy (non-hydrogen) atoms. The highest BCUT2D eigenvalue weighted by atomic mass is 19.1. The van der Waals surface area contributed by atoms with Gasteiger partial charge in [-0.15, -0.1) is 0 Å². The van der Waals surface area contributed by atoms with E-state index in [-0.39, 0.29) is 11.9 Å². The van der Waals surface area contributed by atoms with Crippen molar-refractivity contribution in [1.29, 1.82) is 0 Å². The number of imidazole rings is 1. The van der Waals surface area contributed by atoms with Gasteiger partial charge in [-0.25, -0.2) is 9.37 Å². The molecule has 1 aliphatic heterocycles. The number of ether oxygens (including phenoxy) is 1. The van der Waals surface area contributed by atoms with E-state index >= 15 is 0 Å². The lowest BCUT2D eigenvalue weighted by Crippen LogP contribution is -2.44. The molecule has 0 radical (unpaired) electrons. The van der Waals surface area contributed by atoms with E-state index in [0.29, 0.717) is 6.04 Å². The van der Waals surface area contributed by atoms with Gasteiger partial charge in [-0.2, -0.15) is 0 Å². The first-order chi connectivity index (χ1) is 11.1. The van der Waals surface area contributed by atoms with Gasteiger partial charge >= 0.3 is 0 Å². The number of hydrogen-bond donors (Lipinski definition) is 0. The molecule has 0 N–H and O–H groups in total. The van der Waals surface area contributed by atoms with Crippen molar-refractivity contribution in [3.8, 4) is 5.75 Å². The third-order valence-electron chi connectivity index (χ3n) is 4.60. The fourth-order valence-electron chi connectivity index (χ4n) is 3.14. The maximum atomic E-state index is 12.9. The highest BCUT2D eigenvalue weighted by Gasteiger charge is 2.24. The van der Waals surface area contributed by atoms with Crippen LogP contribution in [-0.4, -0.2) is 39.7 Å². The summed E-state index contributed by atoms with van der Waals surface area (Å²) >= 11 is 0. The summed E-state index contributed by atoms with van der Waals surface area (Å²) in [6.45, 7) is 7.33. The summed E-state index contributed by atoms with van der Waals surface area (Å²) in [7, 11) is 0. The standard InChI is InChI=1S/C18H24FN3O/c1-14(13-22-12-9-20-15(22)2)21-10-7-18(8-11-21)23-17-5-3-16(19)4-6-17/h3-6,9,12,14,18H,7-8,10-11,13H2,1-2H3. The Morgan fingerprint density at radius 3 is 2.57 bits per heavy atom. The first-order valence-electron chi connectivity index (χ1n) is 8.26. The monoisotopic (exact) mass is 317 g/mol. The minimum Gasteiger partial charge on any atom is -0.490 e. The Labute approximate surface area is 136 Å². The summed E-state index contributed by atoms with van der Waals surface area (Å²) in [6.07, 6.45) is 6.12. The third kappa shape index (κ3) is 4.10. The Morgan fingerprint density at radius 1 is 1.26 bits per heavy atom. The van der Waals surface area contributed by atoms with Crippen molar-refractivity contribution in [3.63, 3.8) is 0 Å². The first-order valence-corrected chi connectivity index (χ1v) is 8.26. The minimum absolute atomic E-state index is 0.221. The number of aryl methyl sites for hydroxylation is 1. The largest absolute Gasteiger partial charge is 0.490 e. The van der Waals surface area contributed by atoms with Crippen molar-refractivity contribution in [2.24, 2.45) is 0 Å². The van der Waals surface area contributed by atoms with Crippen LogP contribution in [0.25, 0.3) is 0 Å². The van der Waals surface area contributed by atoms with Gasteiger partial charge in [0.2, 0.25) is 0 Å². The topological polar surface area (TPSA) is 30.3 Å². The molecule has 1 saturated heterocycles. The van der Waals surface area contributed by atoms with Gasteiger partial charge < -0.3 is 9.30 Å². The molecule has 1 atom stereocenters. The summed E-state index contributed by atoms with van der Waals surface area (Å²) < 4.78 is 21.1. The molecule has 1 aromatic carbocycles. The van der Waals surface area contributed by atoms with E-state index in [1.54, 1.807) is 12.1 Å². The second-order valence-electron chi connectivity index (χ2n) is 6.28. The maximum absolute atomic E-state index is 12.9. The molecule has 2 aromatic rings. The zero-order valence-electron chi connectivity index (χ0n) is 13.8. The molecule has 1 aromatic heterocycles. The number of halogens is 1. The summed E-state index contributed by atoms with van der Waals surface area (Å²) in [4.78, 5) is 6.78. The Balaban J connectivity index is 1.48. The summed E-state index contributed by atoms with van der Waals surface area (Å²) in [6, 6.07) is 6.77. The predicted molar refractivity (Wildman–Crippen MR) is 88.0 cm³/mol. The van der Waals surface area contributed by atoms with Crippen molar-refractivity contribution >= 4 is 0 Å². The van der Waals surface area contributed by atoms with Gasteiger partial charge in [0.15, 0.2) is 0 Å². The van der Waals surface area contributed by atoms with E-state index in [9.17, 15) is 4.39 Å². The predicted octanol–water partition coefficient (Wildman–Crippen LogP) is 3.26. The van der Waals surface area contributed by atoms with Crippen molar-refractivity contribution < 1.29 is 9.13 Å². The van der Waals surface area contributed by atoms with Gasteiger partial charge in [0.05, 0.1) is 0 Å². The number of aromatic nitrogens is 2. The fraction of sp³-hybridized carbons (Fsp3) is 0.500. The van der Waals surface area contributed by atoms with E-state index in [2.05, 4.69) is 21.4 Å². The number of hydrogen-bond acceptors (Lipinski definition) is 3. The smallest absolute Gasteiger partial charge is 0.123 e. The van der Waals surface area contributed by atoms with E-state index in [0.717, 1.165) is 44.0 Å². The van der Waals surface area contributed by atoms with Crippen LogP contribution in [0.2, 0.25) is 0 Å². The molecule has 0 aliphatic carbocycles.